The molecule has 0 radical (unpaired) electrons. The topological polar surface area (TPSA) is 52.9 Å². The molecule has 2 rings (SSSR count). The van der Waals surface area contributed by atoms with Gasteiger partial charge in [-0.1, -0.05) is 12.1 Å². The molecule has 1 N–H and O–H groups in total. The first-order chi connectivity index (χ1) is 9.60. The Kier molecular flexibility index (Phi) is 4.38. The second kappa shape index (κ2) is 6.22. The smallest absolute Gasteiger partial charge is 0.254 e. The minimum absolute atomic E-state index is 0.0473. The summed E-state index contributed by atoms with van der Waals surface area (Å²) in [6, 6.07) is 12.9. The third-order valence-electron chi connectivity index (χ3n) is 2.70. The van der Waals surface area contributed by atoms with Crippen molar-refractivity contribution in [1.29, 1.82) is 5.26 Å². The van der Waals surface area contributed by atoms with E-state index in [4.69, 9.17) is 5.26 Å². The Hall–Kier alpha value is -2.32. The van der Waals surface area contributed by atoms with E-state index >= 15 is 0 Å². The number of rotatable bonds is 3. The van der Waals surface area contributed by atoms with Crippen molar-refractivity contribution in [3.8, 4) is 6.07 Å². The summed E-state index contributed by atoms with van der Waals surface area (Å²) in [7, 11) is 0. The first-order valence-electron chi connectivity index (χ1n) is 5.86. The summed E-state index contributed by atoms with van der Waals surface area (Å²) in [5, 5.41) is 11.4. The number of hydrogen-bond donors (Lipinski definition) is 2. The highest BCUT2D eigenvalue weighted by Gasteiger charge is 2.11. The summed E-state index contributed by atoms with van der Waals surface area (Å²) < 4.78 is 13.5. The summed E-state index contributed by atoms with van der Waals surface area (Å²) in [4.78, 5) is 12.4. The molecule has 0 saturated carbocycles. The molecule has 5 heteroatoms. The number of nitrogens with one attached hydrogen (secondary N) is 1. The van der Waals surface area contributed by atoms with Gasteiger partial charge in [-0.25, -0.2) is 4.39 Å². The summed E-state index contributed by atoms with van der Waals surface area (Å²) in [5.74, 6) is -1.10. The van der Waals surface area contributed by atoms with Gasteiger partial charge in [-0.3, -0.25) is 4.79 Å². The molecule has 1 amide bonds. The van der Waals surface area contributed by atoms with Crippen molar-refractivity contribution in [1.82, 2.24) is 5.32 Å². The average Bonchev–Trinajstić information content (AvgIpc) is 2.47. The van der Waals surface area contributed by atoms with Crippen LogP contribution < -0.4 is 5.32 Å². The third-order valence-corrected chi connectivity index (χ3v) is 2.98. The minimum Gasteiger partial charge on any atom is -0.348 e. The molecular formula is C15H11FN2OS. The van der Waals surface area contributed by atoms with Crippen molar-refractivity contribution in [2.45, 2.75) is 11.4 Å². The standard InChI is InChI=1S/C15H11FN2OS/c16-14-5-4-12(20)7-13(14)15(19)18-9-11-3-1-2-10(6-11)8-17/h1-7,20H,9H2,(H,18,19). The van der Waals surface area contributed by atoms with E-state index in [1.807, 2.05) is 6.07 Å². The van der Waals surface area contributed by atoms with Gasteiger partial charge < -0.3 is 5.32 Å². The molecule has 0 bridgehead atoms. The summed E-state index contributed by atoms with van der Waals surface area (Å²) in [6.07, 6.45) is 0. The lowest BCUT2D eigenvalue weighted by Crippen LogP contribution is -2.23. The molecule has 0 aliphatic heterocycles. The van der Waals surface area contributed by atoms with Crippen LogP contribution in [0.2, 0.25) is 0 Å². The van der Waals surface area contributed by atoms with Crippen LogP contribution in [0.5, 0.6) is 0 Å². The highest BCUT2D eigenvalue weighted by Crippen LogP contribution is 2.13. The molecule has 0 atom stereocenters. The lowest BCUT2D eigenvalue weighted by molar-refractivity contribution is 0.0946. The van der Waals surface area contributed by atoms with Gasteiger partial charge in [0.1, 0.15) is 5.82 Å². The Balaban J connectivity index is 2.09. The Morgan fingerprint density at radius 2 is 2.10 bits per heavy atom. The maximum atomic E-state index is 13.5. The van der Waals surface area contributed by atoms with Crippen LogP contribution in [0.3, 0.4) is 0 Å². The predicted molar refractivity (Wildman–Crippen MR) is 76.0 cm³/mol. The van der Waals surface area contributed by atoms with E-state index in [0.29, 0.717) is 10.5 Å². The van der Waals surface area contributed by atoms with Gasteiger partial charge in [-0.15, -0.1) is 12.6 Å². The average molecular weight is 286 g/mol. The Labute approximate surface area is 121 Å². The molecule has 0 heterocycles. The van der Waals surface area contributed by atoms with Gasteiger partial charge in [-0.05, 0) is 35.9 Å². The second-order valence-electron chi connectivity index (χ2n) is 4.16. The molecule has 0 spiro atoms. The fourth-order valence-electron chi connectivity index (χ4n) is 1.72. The van der Waals surface area contributed by atoms with E-state index in [1.54, 1.807) is 24.3 Å². The highest BCUT2D eigenvalue weighted by atomic mass is 32.1. The fourth-order valence-corrected chi connectivity index (χ4v) is 1.92. The SMILES string of the molecule is N#Cc1cccc(CNC(=O)c2cc(S)ccc2F)c1. The van der Waals surface area contributed by atoms with Crippen molar-refractivity contribution in [2.75, 3.05) is 0 Å². The van der Waals surface area contributed by atoms with Crippen molar-refractivity contribution in [3.63, 3.8) is 0 Å². The molecule has 2 aromatic carbocycles. The maximum Gasteiger partial charge on any atom is 0.254 e. The Morgan fingerprint density at radius 3 is 2.85 bits per heavy atom. The van der Waals surface area contributed by atoms with Crippen LogP contribution in [0.15, 0.2) is 47.4 Å². The number of thiol groups is 1. The molecule has 0 aliphatic rings. The molecule has 0 aromatic heterocycles. The van der Waals surface area contributed by atoms with E-state index in [2.05, 4.69) is 17.9 Å². The largest absolute Gasteiger partial charge is 0.348 e. The van der Waals surface area contributed by atoms with Crippen LogP contribution in [0.1, 0.15) is 21.5 Å². The third kappa shape index (κ3) is 3.37. The number of amides is 1. The minimum atomic E-state index is -0.592. The molecule has 0 aliphatic carbocycles. The van der Waals surface area contributed by atoms with Crippen LogP contribution in [-0.2, 0) is 6.54 Å². The van der Waals surface area contributed by atoms with Gasteiger partial charge in [0.25, 0.3) is 5.91 Å². The van der Waals surface area contributed by atoms with Gasteiger partial charge in [-0.2, -0.15) is 5.26 Å². The van der Waals surface area contributed by atoms with Crippen LogP contribution in [0.25, 0.3) is 0 Å². The molecule has 100 valence electrons. The summed E-state index contributed by atoms with van der Waals surface area (Å²) >= 11 is 4.08. The maximum absolute atomic E-state index is 13.5. The van der Waals surface area contributed by atoms with E-state index in [-0.39, 0.29) is 12.1 Å². The molecule has 3 nitrogen and oxygen atoms in total. The normalized spacial score (nSPS) is 9.85. The molecule has 2 aromatic rings. The zero-order chi connectivity index (χ0) is 14.5. The number of carbonyl (C=O) groups excluding carboxylic acids is 1. The number of benzene rings is 2. The van der Waals surface area contributed by atoms with E-state index < -0.39 is 11.7 Å². The number of nitriles is 1. The lowest BCUT2D eigenvalue weighted by atomic mass is 10.1. The van der Waals surface area contributed by atoms with Crippen LogP contribution in [-0.4, -0.2) is 5.91 Å². The quantitative estimate of drug-likeness (QED) is 0.852. The van der Waals surface area contributed by atoms with Crippen LogP contribution >= 0.6 is 12.6 Å². The molecule has 0 unspecified atom stereocenters. The number of nitrogens with zero attached hydrogens (tertiary/aromatic N) is 1. The number of carbonyl (C=O) groups is 1. The fraction of sp³-hybridized carbons (Fsp3) is 0.0667. The van der Waals surface area contributed by atoms with E-state index in [1.165, 1.54) is 18.2 Å². The van der Waals surface area contributed by atoms with Crippen molar-refractivity contribution >= 4 is 18.5 Å². The van der Waals surface area contributed by atoms with E-state index in [9.17, 15) is 9.18 Å². The van der Waals surface area contributed by atoms with Gasteiger partial charge in [0.2, 0.25) is 0 Å². The second-order valence-corrected chi connectivity index (χ2v) is 4.68. The first kappa shape index (κ1) is 14.1. The monoisotopic (exact) mass is 286 g/mol. The van der Waals surface area contributed by atoms with Gasteiger partial charge >= 0.3 is 0 Å². The van der Waals surface area contributed by atoms with Crippen molar-refractivity contribution in [2.24, 2.45) is 0 Å². The lowest BCUT2D eigenvalue weighted by Gasteiger charge is -2.07. The van der Waals surface area contributed by atoms with Gasteiger partial charge in [0.15, 0.2) is 0 Å². The van der Waals surface area contributed by atoms with Gasteiger partial charge in [0, 0.05) is 11.4 Å². The Bertz CT molecular complexity index is 695. The first-order valence-corrected chi connectivity index (χ1v) is 6.30. The summed E-state index contributed by atoms with van der Waals surface area (Å²) in [6.45, 7) is 0.227. The Morgan fingerprint density at radius 1 is 1.30 bits per heavy atom. The number of halogens is 1. The van der Waals surface area contributed by atoms with Crippen molar-refractivity contribution < 1.29 is 9.18 Å². The van der Waals surface area contributed by atoms with E-state index in [0.717, 1.165) is 5.56 Å². The molecule has 0 fully saturated rings. The molecule has 0 saturated heterocycles. The highest BCUT2D eigenvalue weighted by molar-refractivity contribution is 7.80. The molecule has 20 heavy (non-hydrogen) atoms. The van der Waals surface area contributed by atoms with Crippen LogP contribution in [0, 0.1) is 17.1 Å². The number of hydrogen-bond acceptors (Lipinski definition) is 3. The zero-order valence-corrected chi connectivity index (χ0v) is 11.3. The van der Waals surface area contributed by atoms with Crippen molar-refractivity contribution in [3.05, 3.63) is 65.0 Å². The van der Waals surface area contributed by atoms with Crippen LogP contribution in [0.4, 0.5) is 4.39 Å². The zero-order valence-electron chi connectivity index (χ0n) is 10.4. The molecular weight excluding hydrogens is 275 g/mol. The van der Waals surface area contributed by atoms with Gasteiger partial charge in [0.05, 0.1) is 17.2 Å². The summed E-state index contributed by atoms with van der Waals surface area (Å²) in [5.41, 5.74) is 1.24. The predicted octanol–water partition coefficient (Wildman–Crippen LogP) is 2.92.